The fourth-order valence-corrected chi connectivity index (χ4v) is 7.49. The highest BCUT2D eigenvalue weighted by molar-refractivity contribution is 5.87. The Morgan fingerprint density at radius 1 is 1.00 bits per heavy atom. The van der Waals surface area contributed by atoms with Crippen LogP contribution in [-0.4, -0.2) is 17.0 Å². The standard InChI is InChI=1S/C20H32O2/c1-12-10-14-15-4-5-18(22)20(15,3)9-7-16(14)19(2)8-6-13(21)11-17(12)19/h12-17,21H,4-11H2,1-3H3/t12-,13+,14-,15-,16-,17-,19+,20-/m0/s1. The van der Waals surface area contributed by atoms with E-state index in [9.17, 15) is 9.90 Å². The highest BCUT2D eigenvalue weighted by atomic mass is 16.3. The van der Waals surface area contributed by atoms with Crippen LogP contribution in [0.2, 0.25) is 0 Å². The van der Waals surface area contributed by atoms with E-state index < -0.39 is 0 Å². The Balaban J connectivity index is 1.68. The molecule has 8 atom stereocenters. The monoisotopic (exact) mass is 304 g/mol. The van der Waals surface area contributed by atoms with Crippen LogP contribution in [0.25, 0.3) is 0 Å². The second kappa shape index (κ2) is 4.82. The van der Waals surface area contributed by atoms with Crippen molar-refractivity contribution in [2.75, 3.05) is 0 Å². The number of ketones is 1. The molecule has 4 aliphatic carbocycles. The molecule has 0 aromatic carbocycles. The number of carbonyl (C=O) groups is 1. The summed E-state index contributed by atoms with van der Waals surface area (Å²) < 4.78 is 0. The molecule has 0 bridgehead atoms. The van der Waals surface area contributed by atoms with Gasteiger partial charge in [0.1, 0.15) is 5.78 Å². The van der Waals surface area contributed by atoms with Crippen LogP contribution in [0.4, 0.5) is 0 Å². The van der Waals surface area contributed by atoms with Gasteiger partial charge in [0.2, 0.25) is 0 Å². The number of Topliss-reactive ketones (excluding diaryl/α,β-unsaturated/α-hetero) is 1. The smallest absolute Gasteiger partial charge is 0.139 e. The molecule has 0 aromatic rings. The Bertz CT molecular complexity index is 486. The largest absolute Gasteiger partial charge is 0.393 e. The minimum Gasteiger partial charge on any atom is -0.393 e. The van der Waals surface area contributed by atoms with Crippen molar-refractivity contribution >= 4 is 5.78 Å². The minimum absolute atomic E-state index is 0.00172. The number of fused-ring (bicyclic) bond motifs is 5. The molecule has 2 heteroatoms. The Morgan fingerprint density at radius 3 is 2.55 bits per heavy atom. The number of hydrogen-bond donors (Lipinski definition) is 1. The summed E-state index contributed by atoms with van der Waals surface area (Å²) in [6.45, 7) is 7.21. The van der Waals surface area contributed by atoms with Gasteiger partial charge >= 0.3 is 0 Å². The van der Waals surface area contributed by atoms with E-state index in [2.05, 4.69) is 20.8 Å². The normalized spacial score (nSPS) is 57.9. The molecular weight excluding hydrogens is 272 g/mol. The van der Waals surface area contributed by atoms with E-state index in [1.807, 2.05) is 0 Å². The Hall–Kier alpha value is -0.370. The fourth-order valence-electron chi connectivity index (χ4n) is 7.49. The van der Waals surface area contributed by atoms with Crippen molar-refractivity contribution in [3.05, 3.63) is 0 Å². The van der Waals surface area contributed by atoms with Crippen LogP contribution in [0, 0.1) is 40.4 Å². The summed E-state index contributed by atoms with van der Waals surface area (Å²) in [5, 5.41) is 10.2. The molecule has 0 unspecified atom stereocenters. The van der Waals surface area contributed by atoms with Gasteiger partial charge in [-0.1, -0.05) is 20.8 Å². The van der Waals surface area contributed by atoms with Gasteiger partial charge in [0, 0.05) is 11.8 Å². The van der Waals surface area contributed by atoms with E-state index in [1.54, 1.807) is 0 Å². The molecule has 4 fully saturated rings. The van der Waals surface area contributed by atoms with Crippen LogP contribution in [0.15, 0.2) is 0 Å². The molecule has 4 rings (SSSR count). The summed E-state index contributed by atoms with van der Waals surface area (Å²) in [6, 6.07) is 0. The van der Waals surface area contributed by atoms with Gasteiger partial charge in [-0.15, -0.1) is 0 Å². The first-order valence-corrected chi connectivity index (χ1v) is 9.57. The molecule has 2 nitrogen and oxygen atoms in total. The molecule has 0 aliphatic heterocycles. The molecule has 4 saturated carbocycles. The summed E-state index contributed by atoms with van der Waals surface area (Å²) in [4.78, 5) is 12.5. The predicted molar refractivity (Wildman–Crippen MR) is 87.3 cm³/mol. The third-order valence-electron chi connectivity index (χ3n) is 8.71. The lowest BCUT2D eigenvalue weighted by Gasteiger charge is -2.62. The SMILES string of the molecule is C[C@H]1C[C@@H]2[C@H](CC[C@]3(C)C(=O)CC[C@@H]23)[C@@]2(C)CC[C@@H](O)C[C@@H]12. The highest BCUT2D eigenvalue weighted by Crippen LogP contribution is 2.66. The average molecular weight is 304 g/mol. The van der Waals surface area contributed by atoms with E-state index in [1.165, 1.54) is 19.3 Å². The molecule has 22 heavy (non-hydrogen) atoms. The van der Waals surface area contributed by atoms with Gasteiger partial charge in [-0.05, 0) is 80.0 Å². The second-order valence-corrected chi connectivity index (χ2v) is 9.55. The van der Waals surface area contributed by atoms with Crippen LogP contribution < -0.4 is 0 Å². The van der Waals surface area contributed by atoms with Crippen molar-refractivity contribution in [2.24, 2.45) is 40.4 Å². The van der Waals surface area contributed by atoms with Crippen molar-refractivity contribution in [2.45, 2.75) is 78.2 Å². The summed E-state index contributed by atoms with van der Waals surface area (Å²) in [5.41, 5.74) is 0.410. The summed E-state index contributed by atoms with van der Waals surface area (Å²) >= 11 is 0. The number of aliphatic hydroxyl groups is 1. The average Bonchev–Trinajstić information content (AvgIpc) is 2.77. The minimum atomic E-state index is -0.0704. The third kappa shape index (κ3) is 1.85. The number of hydrogen-bond acceptors (Lipinski definition) is 2. The van der Waals surface area contributed by atoms with Crippen molar-refractivity contribution < 1.29 is 9.90 Å². The lowest BCUT2D eigenvalue weighted by molar-refractivity contribution is -0.152. The van der Waals surface area contributed by atoms with E-state index in [-0.39, 0.29) is 11.5 Å². The third-order valence-corrected chi connectivity index (χ3v) is 8.71. The molecular formula is C20H32O2. The topological polar surface area (TPSA) is 37.3 Å². The predicted octanol–water partition coefficient (Wildman–Crippen LogP) is 4.21. The Kier molecular flexibility index (Phi) is 3.32. The van der Waals surface area contributed by atoms with Gasteiger partial charge in [-0.3, -0.25) is 4.79 Å². The van der Waals surface area contributed by atoms with Gasteiger partial charge < -0.3 is 5.11 Å². The molecule has 4 aliphatic rings. The first kappa shape index (κ1) is 15.2. The lowest BCUT2D eigenvalue weighted by atomic mass is 9.43. The zero-order chi connectivity index (χ0) is 15.7. The first-order valence-electron chi connectivity index (χ1n) is 9.57. The van der Waals surface area contributed by atoms with Crippen LogP contribution in [0.5, 0.6) is 0 Å². The van der Waals surface area contributed by atoms with Crippen LogP contribution in [0.3, 0.4) is 0 Å². The molecule has 0 radical (unpaired) electrons. The van der Waals surface area contributed by atoms with Gasteiger partial charge in [0.25, 0.3) is 0 Å². The van der Waals surface area contributed by atoms with Gasteiger partial charge in [0.05, 0.1) is 6.10 Å². The van der Waals surface area contributed by atoms with E-state index >= 15 is 0 Å². The summed E-state index contributed by atoms with van der Waals surface area (Å²) in [6.07, 6.45) is 8.78. The van der Waals surface area contributed by atoms with Crippen molar-refractivity contribution in [1.82, 2.24) is 0 Å². The quantitative estimate of drug-likeness (QED) is 0.728. The van der Waals surface area contributed by atoms with Gasteiger partial charge in [-0.2, -0.15) is 0 Å². The fraction of sp³-hybridized carbons (Fsp3) is 0.950. The highest BCUT2D eigenvalue weighted by Gasteiger charge is 2.61. The van der Waals surface area contributed by atoms with Gasteiger partial charge in [-0.25, -0.2) is 0 Å². The van der Waals surface area contributed by atoms with Crippen LogP contribution in [0.1, 0.15) is 72.1 Å². The zero-order valence-corrected chi connectivity index (χ0v) is 14.5. The second-order valence-electron chi connectivity index (χ2n) is 9.55. The molecule has 0 saturated heterocycles. The van der Waals surface area contributed by atoms with E-state index in [4.69, 9.17) is 0 Å². The number of carbonyl (C=O) groups excluding carboxylic acids is 1. The Labute approximate surface area is 135 Å². The van der Waals surface area contributed by atoms with E-state index in [0.717, 1.165) is 43.9 Å². The number of aliphatic hydroxyl groups excluding tert-OH is 1. The molecule has 1 N–H and O–H groups in total. The zero-order valence-electron chi connectivity index (χ0n) is 14.5. The van der Waals surface area contributed by atoms with Crippen molar-refractivity contribution in [3.8, 4) is 0 Å². The lowest BCUT2D eigenvalue weighted by Crippen LogP contribution is -2.56. The van der Waals surface area contributed by atoms with Crippen LogP contribution >= 0.6 is 0 Å². The molecule has 124 valence electrons. The number of rotatable bonds is 0. The summed E-state index contributed by atoms with van der Waals surface area (Å²) in [7, 11) is 0. The van der Waals surface area contributed by atoms with Gasteiger partial charge in [0.15, 0.2) is 0 Å². The molecule has 0 aromatic heterocycles. The van der Waals surface area contributed by atoms with Crippen LogP contribution in [-0.2, 0) is 4.79 Å². The maximum atomic E-state index is 12.5. The van der Waals surface area contributed by atoms with Crippen molar-refractivity contribution in [1.29, 1.82) is 0 Å². The summed E-state index contributed by atoms with van der Waals surface area (Å²) in [5.74, 6) is 4.15. The molecule has 0 heterocycles. The van der Waals surface area contributed by atoms with E-state index in [0.29, 0.717) is 29.0 Å². The first-order chi connectivity index (χ1) is 10.4. The maximum absolute atomic E-state index is 12.5. The molecule has 0 amide bonds. The van der Waals surface area contributed by atoms with Crippen molar-refractivity contribution in [3.63, 3.8) is 0 Å². The Morgan fingerprint density at radius 2 is 1.77 bits per heavy atom. The maximum Gasteiger partial charge on any atom is 0.139 e. The molecule has 0 spiro atoms.